The van der Waals surface area contributed by atoms with E-state index in [4.69, 9.17) is 14.2 Å². The lowest BCUT2D eigenvalue weighted by Crippen LogP contribution is -2.50. The molecule has 0 bridgehead atoms. The first kappa shape index (κ1) is 28.7. The number of carbonyl (C=O) groups is 4. The zero-order chi connectivity index (χ0) is 28.1. The lowest BCUT2D eigenvalue weighted by molar-refractivity contribution is -0.144. The van der Waals surface area contributed by atoms with Crippen molar-refractivity contribution in [3.8, 4) is 0 Å². The number of Topliss-reactive ketones (excluding diaryl/α,β-unsaturated/α-hetero) is 1. The summed E-state index contributed by atoms with van der Waals surface area (Å²) in [4.78, 5) is 53.1. The summed E-state index contributed by atoms with van der Waals surface area (Å²) in [5.41, 5.74) is -2.18. The molecule has 0 aliphatic heterocycles. The van der Waals surface area contributed by atoms with E-state index in [0.717, 1.165) is 5.57 Å². The highest BCUT2D eigenvalue weighted by molar-refractivity contribution is 6.09. The Morgan fingerprint density at radius 2 is 1.62 bits per heavy atom. The average molecular weight is 521 g/mol. The van der Waals surface area contributed by atoms with Crippen molar-refractivity contribution >= 4 is 23.9 Å². The minimum Gasteiger partial charge on any atom is -0.465 e. The Morgan fingerprint density at radius 1 is 1.08 bits per heavy atom. The molecular weight excluding hydrogens is 480 g/mol. The normalized spacial score (nSPS) is 27.9. The Bertz CT molecular complexity index is 1060. The van der Waals surface area contributed by atoms with Crippen molar-refractivity contribution in [2.24, 2.45) is 10.8 Å². The van der Waals surface area contributed by atoms with Crippen molar-refractivity contribution in [2.75, 3.05) is 33.8 Å². The van der Waals surface area contributed by atoms with Gasteiger partial charge in [-0.05, 0) is 54.4 Å². The highest BCUT2D eigenvalue weighted by atomic mass is 16.6. The molecule has 3 aliphatic carbocycles. The summed E-state index contributed by atoms with van der Waals surface area (Å²) in [6.07, 6.45) is 0.934. The Hall–Kier alpha value is -2.88. The van der Waals surface area contributed by atoms with E-state index in [1.807, 2.05) is 6.92 Å². The Morgan fingerprint density at radius 3 is 2.11 bits per heavy atom. The third-order valence-corrected chi connectivity index (χ3v) is 7.71. The first-order chi connectivity index (χ1) is 16.9. The molecule has 3 aliphatic rings. The van der Waals surface area contributed by atoms with Gasteiger partial charge in [-0.3, -0.25) is 9.59 Å². The molecule has 3 atom stereocenters. The van der Waals surface area contributed by atoms with Crippen LogP contribution in [0.1, 0.15) is 61.3 Å². The molecule has 1 saturated carbocycles. The zero-order valence-electron chi connectivity index (χ0n) is 23.4. The second kappa shape index (κ2) is 9.45. The SMILES string of the molecule is CC(=O)OC[C@]1(C)C=C2C(=O)[C@](C)(O)C3(CC3)C(C)=C2[C@H]1OC(=O)N(C)CCN(C)C(=O)OC(C)(C)C. The van der Waals surface area contributed by atoms with Gasteiger partial charge < -0.3 is 29.1 Å². The molecule has 0 aromatic carbocycles. The van der Waals surface area contributed by atoms with Gasteiger partial charge in [0, 0.05) is 50.7 Å². The summed E-state index contributed by atoms with van der Waals surface area (Å²) < 4.78 is 16.6. The fourth-order valence-corrected chi connectivity index (χ4v) is 5.21. The molecule has 37 heavy (non-hydrogen) atoms. The van der Waals surface area contributed by atoms with Gasteiger partial charge in [-0.2, -0.15) is 0 Å². The number of ketones is 1. The van der Waals surface area contributed by atoms with Crippen molar-refractivity contribution in [1.82, 2.24) is 9.80 Å². The van der Waals surface area contributed by atoms with Gasteiger partial charge >= 0.3 is 18.2 Å². The monoisotopic (exact) mass is 520 g/mol. The van der Waals surface area contributed by atoms with Gasteiger partial charge in [-0.15, -0.1) is 0 Å². The van der Waals surface area contributed by atoms with Crippen LogP contribution >= 0.6 is 0 Å². The molecule has 1 spiro atoms. The number of fused-ring (bicyclic) bond motifs is 1. The maximum Gasteiger partial charge on any atom is 0.410 e. The third kappa shape index (κ3) is 5.26. The minimum absolute atomic E-state index is 0.103. The highest BCUT2D eigenvalue weighted by Crippen LogP contribution is 2.65. The van der Waals surface area contributed by atoms with Crippen molar-refractivity contribution < 1.29 is 38.5 Å². The molecule has 2 amide bonds. The van der Waals surface area contributed by atoms with Gasteiger partial charge in [0.1, 0.15) is 23.9 Å². The Balaban J connectivity index is 1.83. The quantitative estimate of drug-likeness (QED) is 0.418. The molecule has 1 fully saturated rings. The first-order valence-corrected chi connectivity index (χ1v) is 12.6. The lowest BCUT2D eigenvalue weighted by atomic mass is 9.67. The molecule has 1 N–H and O–H groups in total. The second-order valence-corrected chi connectivity index (χ2v) is 12.0. The molecule has 0 aromatic rings. The van der Waals surface area contributed by atoms with Crippen LogP contribution in [0.4, 0.5) is 9.59 Å². The van der Waals surface area contributed by atoms with E-state index in [1.165, 1.54) is 16.7 Å². The molecule has 0 radical (unpaired) electrons. The van der Waals surface area contributed by atoms with Crippen LogP contribution in [0.2, 0.25) is 0 Å². The van der Waals surface area contributed by atoms with E-state index >= 15 is 0 Å². The molecule has 3 rings (SSSR count). The standard InChI is InChI=1S/C27H40N2O8/c1-16-19-18(20(31)26(7,34)27(16)10-11-27)14-25(6,15-35-17(2)30)21(19)36-22(32)28(8)12-13-29(9)23(33)37-24(3,4)5/h14,21,34H,10-13,15H2,1-9H3/t21-,25+,26+/m1/s1. The summed E-state index contributed by atoms with van der Waals surface area (Å²) in [6, 6.07) is 0. The number of ether oxygens (including phenoxy) is 3. The first-order valence-electron chi connectivity index (χ1n) is 12.6. The molecular formula is C27H40N2O8. The number of likely N-dealkylation sites (N-methyl/N-ethyl adjacent to an activating group) is 2. The zero-order valence-corrected chi connectivity index (χ0v) is 23.4. The van der Waals surface area contributed by atoms with Crippen LogP contribution in [-0.2, 0) is 23.8 Å². The maximum atomic E-state index is 13.4. The molecule has 0 saturated heterocycles. The van der Waals surface area contributed by atoms with Crippen LogP contribution in [0.3, 0.4) is 0 Å². The van der Waals surface area contributed by atoms with E-state index in [-0.39, 0.29) is 19.7 Å². The van der Waals surface area contributed by atoms with Crippen LogP contribution in [-0.4, -0.2) is 89.9 Å². The van der Waals surface area contributed by atoms with Crippen molar-refractivity contribution in [3.63, 3.8) is 0 Å². The van der Waals surface area contributed by atoms with E-state index in [1.54, 1.807) is 54.8 Å². The summed E-state index contributed by atoms with van der Waals surface area (Å²) in [5.74, 6) is -0.907. The molecule has 0 aromatic heterocycles. The number of amides is 2. The van der Waals surface area contributed by atoms with Crippen molar-refractivity contribution in [1.29, 1.82) is 0 Å². The topological polar surface area (TPSA) is 123 Å². The molecule has 0 unspecified atom stereocenters. The number of carbonyl (C=O) groups excluding carboxylic acids is 4. The van der Waals surface area contributed by atoms with Gasteiger partial charge in [-0.1, -0.05) is 11.6 Å². The lowest BCUT2D eigenvalue weighted by Gasteiger charge is -2.40. The number of esters is 1. The van der Waals surface area contributed by atoms with E-state index in [9.17, 15) is 24.3 Å². The largest absolute Gasteiger partial charge is 0.465 e. The predicted octanol–water partition coefficient (Wildman–Crippen LogP) is 3.23. The number of nitrogens with zero attached hydrogens (tertiary/aromatic N) is 2. The minimum atomic E-state index is -1.56. The number of hydrogen-bond acceptors (Lipinski definition) is 8. The van der Waals surface area contributed by atoms with Crippen LogP contribution in [0.5, 0.6) is 0 Å². The molecule has 206 valence electrons. The number of hydrogen-bond donors (Lipinski definition) is 1. The molecule has 0 heterocycles. The van der Waals surface area contributed by atoms with Crippen LogP contribution in [0, 0.1) is 10.8 Å². The van der Waals surface area contributed by atoms with Crippen LogP contribution < -0.4 is 0 Å². The fourth-order valence-electron chi connectivity index (χ4n) is 5.21. The smallest absolute Gasteiger partial charge is 0.410 e. The fraction of sp³-hybridized carbons (Fsp3) is 0.704. The Kier molecular flexibility index (Phi) is 7.33. The summed E-state index contributed by atoms with van der Waals surface area (Å²) >= 11 is 0. The summed E-state index contributed by atoms with van der Waals surface area (Å²) in [5, 5.41) is 11.2. The van der Waals surface area contributed by atoms with Gasteiger partial charge in [0.2, 0.25) is 0 Å². The van der Waals surface area contributed by atoms with Gasteiger partial charge in [-0.25, -0.2) is 9.59 Å². The van der Waals surface area contributed by atoms with Gasteiger partial charge in [0.05, 0.1) is 5.41 Å². The summed E-state index contributed by atoms with van der Waals surface area (Å²) in [7, 11) is 3.14. The predicted molar refractivity (Wildman–Crippen MR) is 135 cm³/mol. The number of aliphatic hydroxyl groups is 1. The van der Waals surface area contributed by atoms with E-state index < -0.39 is 52.1 Å². The number of rotatable bonds is 6. The second-order valence-electron chi connectivity index (χ2n) is 12.0. The Labute approximate surface area is 218 Å². The van der Waals surface area contributed by atoms with Gasteiger partial charge in [0.15, 0.2) is 5.78 Å². The van der Waals surface area contributed by atoms with Crippen LogP contribution in [0.25, 0.3) is 0 Å². The average Bonchev–Trinajstić information content (AvgIpc) is 3.54. The third-order valence-electron chi connectivity index (χ3n) is 7.71. The van der Waals surface area contributed by atoms with Crippen LogP contribution in [0.15, 0.2) is 22.8 Å². The molecule has 10 nitrogen and oxygen atoms in total. The highest BCUT2D eigenvalue weighted by Gasteiger charge is 2.67. The molecule has 10 heteroatoms. The van der Waals surface area contributed by atoms with Crippen molar-refractivity contribution in [3.05, 3.63) is 22.8 Å². The van der Waals surface area contributed by atoms with E-state index in [2.05, 4.69) is 0 Å². The maximum absolute atomic E-state index is 13.4. The summed E-state index contributed by atoms with van der Waals surface area (Å²) in [6.45, 7) is 12.1. The van der Waals surface area contributed by atoms with Gasteiger partial charge in [0.25, 0.3) is 0 Å². The van der Waals surface area contributed by atoms with E-state index in [0.29, 0.717) is 24.0 Å². The van der Waals surface area contributed by atoms with Crippen molar-refractivity contribution in [2.45, 2.75) is 78.6 Å².